The van der Waals surface area contributed by atoms with E-state index in [4.69, 9.17) is 0 Å². The summed E-state index contributed by atoms with van der Waals surface area (Å²) in [4.78, 5) is 11.5. The van der Waals surface area contributed by atoms with Gasteiger partial charge in [-0.15, -0.1) is 0 Å². The van der Waals surface area contributed by atoms with Gasteiger partial charge in [-0.25, -0.2) is 4.98 Å². The van der Waals surface area contributed by atoms with Crippen molar-refractivity contribution < 1.29 is 0 Å². The van der Waals surface area contributed by atoms with Crippen LogP contribution in [-0.2, 0) is 6.54 Å². The largest absolute Gasteiger partial charge is 0.364 e. The first-order valence-corrected chi connectivity index (χ1v) is 5.36. The highest BCUT2D eigenvalue weighted by Gasteiger charge is 2.04. The van der Waals surface area contributed by atoms with Crippen molar-refractivity contribution in [3.05, 3.63) is 42.1 Å². The molecule has 0 saturated carbocycles. The van der Waals surface area contributed by atoms with E-state index in [1.807, 2.05) is 31.3 Å². The second-order valence-corrected chi connectivity index (χ2v) is 3.80. The Kier molecular flexibility index (Phi) is 2.25. The summed E-state index contributed by atoms with van der Waals surface area (Å²) in [5, 5.41) is 7.44. The smallest absolute Gasteiger partial charge is 0.254 e. The summed E-state index contributed by atoms with van der Waals surface area (Å²) in [6.45, 7) is 2.65. The molecular weight excluding hydrogens is 216 g/mol. The third-order valence-electron chi connectivity index (χ3n) is 2.50. The third-order valence-corrected chi connectivity index (χ3v) is 2.50. The molecule has 0 atom stereocenters. The highest BCUT2D eigenvalue weighted by atomic mass is 15.3. The first-order chi connectivity index (χ1) is 8.33. The first kappa shape index (κ1) is 9.83. The molecule has 2 N–H and O–H groups in total. The number of anilines is 1. The number of hydrogen-bond donors (Lipinski definition) is 2. The van der Waals surface area contributed by atoms with Gasteiger partial charge in [0.05, 0.1) is 6.54 Å². The van der Waals surface area contributed by atoms with Crippen LogP contribution in [0.5, 0.6) is 0 Å². The monoisotopic (exact) mass is 228 g/mol. The molecule has 0 amide bonds. The van der Waals surface area contributed by atoms with Gasteiger partial charge in [0, 0.05) is 23.7 Å². The van der Waals surface area contributed by atoms with Crippen LogP contribution in [0.25, 0.3) is 5.78 Å². The molecule has 3 rings (SSSR count). The van der Waals surface area contributed by atoms with E-state index < -0.39 is 0 Å². The molecule has 0 aliphatic rings. The Morgan fingerprint density at radius 1 is 1.47 bits per heavy atom. The van der Waals surface area contributed by atoms with Crippen LogP contribution in [0.15, 0.2) is 30.7 Å². The molecule has 3 aromatic heterocycles. The van der Waals surface area contributed by atoms with Gasteiger partial charge in [-0.05, 0) is 19.1 Å². The van der Waals surface area contributed by atoms with Crippen LogP contribution in [0, 0.1) is 6.92 Å². The standard InChI is InChI=1S/C11H12N6/c1-8-5-10(13-6-9-3-2-4-12-9)17-11(16-8)14-7-15-17/h2-5,7,12-13H,6H2,1H3. The van der Waals surface area contributed by atoms with E-state index in [9.17, 15) is 0 Å². The molecule has 0 radical (unpaired) electrons. The quantitative estimate of drug-likeness (QED) is 0.710. The second-order valence-electron chi connectivity index (χ2n) is 3.80. The summed E-state index contributed by atoms with van der Waals surface area (Å²) in [6, 6.07) is 5.95. The van der Waals surface area contributed by atoms with E-state index in [0.717, 1.165) is 17.2 Å². The van der Waals surface area contributed by atoms with Gasteiger partial charge in [-0.3, -0.25) is 0 Å². The fourth-order valence-corrected chi connectivity index (χ4v) is 1.72. The number of nitrogens with one attached hydrogen (secondary N) is 2. The number of aromatic nitrogens is 5. The third kappa shape index (κ3) is 1.84. The number of hydrogen-bond acceptors (Lipinski definition) is 4. The Morgan fingerprint density at radius 2 is 2.41 bits per heavy atom. The fraction of sp³-hybridized carbons (Fsp3) is 0.182. The minimum absolute atomic E-state index is 0.610. The zero-order valence-electron chi connectivity index (χ0n) is 9.38. The average Bonchev–Trinajstić information content (AvgIpc) is 2.95. The van der Waals surface area contributed by atoms with E-state index in [1.54, 1.807) is 4.52 Å². The molecule has 17 heavy (non-hydrogen) atoms. The van der Waals surface area contributed by atoms with E-state index in [1.165, 1.54) is 6.33 Å². The molecule has 0 aromatic carbocycles. The van der Waals surface area contributed by atoms with Gasteiger partial charge in [0.1, 0.15) is 12.1 Å². The van der Waals surface area contributed by atoms with Crippen LogP contribution < -0.4 is 5.32 Å². The molecule has 0 saturated heterocycles. The van der Waals surface area contributed by atoms with Gasteiger partial charge < -0.3 is 10.3 Å². The SMILES string of the molecule is Cc1cc(NCc2ccc[nH]2)n2ncnc2n1. The lowest BCUT2D eigenvalue weighted by molar-refractivity contribution is 0.911. The summed E-state index contributed by atoms with van der Waals surface area (Å²) in [7, 11) is 0. The van der Waals surface area contributed by atoms with E-state index in [2.05, 4.69) is 25.4 Å². The highest BCUT2D eigenvalue weighted by Crippen LogP contribution is 2.11. The summed E-state index contributed by atoms with van der Waals surface area (Å²) < 4.78 is 1.69. The second kappa shape index (κ2) is 3.89. The van der Waals surface area contributed by atoms with E-state index in [0.29, 0.717) is 12.3 Å². The zero-order chi connectivity index (χ0) is 11.7. The normalized spacial score (nSPS) is 10.9. The maximum Gasteiger partial charge on any atom is 0.254 e. The van der Waals surface area contributed by atoms with Crippen molar-refractivity contribution in [1.82, 2.24) is 24.6 Å². The lowest BCUT2D eigenvalue weighted by Gasteiger charge is -2.07. The van der Waals surface area contributed by atoms with Crippen molar-refractivity contribution in [2.24, 2.45) is 0 Å². The number of nitrogens with zero attached hydrogens (tertiary/aromatic N) is 4. The van der Waals surface area contributed by atoms with Crippen LogP contribution in [0.2, 0.25) is 0 Å². The van der Waals surface area contributed by atoms with Crippen LogP contribution in [-0.4, -0.2) is 24.6 Å². The lowest BCUT2D eigenvalue weighted by Crippen LogP contribution is -2.07. The summed E-state index contributed by atoms with van der Waals surface area (Å²) in [5.41, 5.74) is 2.03. The van der Waals surface area contributed by atoms with Crippen molar-refractivity contribution in [2.75, 3.05) is 5.32 Å². The van der Waals surface area contributed by atoms with Crippen LogP contribution in [0.3, 0.4) is 0 Å². The summed E-state index contributed by atoms with van der Waals surface area (Å²) >= 11 is 0. The molecular formula is C11H12N6. The summed E-state index contributed by atoms with van der Waals surface area (Å²) in [5.74, 6) is 1.50. The Labute approximate surface area is 97.7 Å². The minimum Gasteiger partial charge on any atom is -0.364 e. The summed E-state index contributed by atoms with van der Waals surface area (Å²) in [6.07, 6.45) is 3.40. The predicted molar refractivity (Wildman–Crippen MR) is 63.6 cm³/mol. The topological polar surface area (TPSA) is 70.9 Å². The van der Waals surface area contributed by atoms with Gasteiger partial charge in [-0.2, -0.15) is 14.6 Å². The van der Waals surface area contributed by atoms with Crippen molar-refractivity contribution in [1.29, 1.82) is 0 Å². The van der Waals surface area contributed by atoms with Gasteiger partial charge in [0.2, 0.25) is 0 Å². The molecule has 0 aliphatic heterocycles. The molecule has 0 bridgehead atoms. The molecule has 3 aromatic rings. The first-order valence-electron chi connectivity index (χ1n) is 5.36. The molecule has 0 spiro atoms. The number of H-pyrrole nitrogens is 1. The molecule has 0 aliphatic carbocycles. The zero-order valence-corrected chi connectivity index (χ0v) is 9.38. The molecule has 6 heteroatoms. The molecule has 0 unspecified atom stereocenters. The van der Waals surface area contributed by atoms with Crippen LogP contribution in [0.1, 0.15) is 11.4 Å². The van der Waals surface area contributed by atoms with E-state index in [-0.39, 0.29) is 0 Å². The lowest BCUT2D eigenvalue weighted by atomic mass is 10.4. The maximum atomic E-state index is 4.28. The van der Waals surface area contributed by atoms with Crippen molar-refractivity contribution in [3.8, 4) is 0 Å². The maximum absolute atomic E-state index is 4.28. The Hall–Kier alpha value is -2.37. The Morgan fingerprint density at radius 3 is 3.24 bits per heavy atom. The molecule has 0 fully saturated rings. The van der Waals surface area contributed by atoms with Gasteiger partial charge in [0.15, 0.2) is 0 Å². The predicted octanol–water partition coefficient (Wildman–Crippen LogP) is 1.37. The minimum atomic E-state index is 0.610. The van der Waals surface area contributed by atoms with Gasteiger partial charge in [-0.1, -0.05) is 0 Å². The van der Waals surface area contributed by atoms with Crippen LogP contribution in [0.4, 0.5) is 5.82 Å². The highest BCUT2D eigenvalue weighted by molar-refractivity contribution is 5.44. The number of aromatic amines is 1. The number of fused-ring (bicyclic) bond motifs is 1. The van der Waals surface area contributed by atoms with E-state index >= 15 is 0 Å². The average molecular weight is 228 g/mol. The van der Waals surface area contributed by atoms with Crippen LogP contribution >= 0.6 is 0 Å². The molecule has 86 valence electrons. The van der Waals surface area contributed by atoms with Crippen molar-refractivity contribution in [3.63, 3.8) is 0 Å². The van der Waals surface area contributed by atoms with Gasteiger partial charge >= 0.3 is 0 Å². The molecule has 6 nitrogen and oxygen atoms in total. The van der Waals surface area contributed by atoms with Gasteiger partial charge in [0.25, 0.3) is 5.78 Å². The fourth-order valence-electron chi connectivity index (χ4n) is 1.72. The van der Waals surface area contributed by atoms with Crippen molar-refractivity contribution in [2.45, 2.75) is 13.5 Å². The Balaban J connectivity index is 1.91. The van der Waals surface area contributed by atoms with Crippen molar-refractivity contribution >= 4 is 11.6 Å². The number of aryl methyl sites for hydroxylation is 1. The Bertz CT molecular complexity index is 625. The molecule has 3 heterocycles. The number of rotatable bonds is 3.